The van der Waals surface area contributed by atoms with Gasteiger partial charge in [0, 0.05) is 28.1 Å². The van der Waals surface area contributed by atoms with Gasteiger partial charge in [0.1, 0.15) is 0 Å². The number of rotatable bonds is 2. The molecule has 84 valence electrons. The smallest absolute Gasteiger partial charge is 0.340 e. The molecule has 2 rings (SSSR count). The fourth-order valence-electron chi connectivity index (χ4n) is 1.80. The minimum absolute atomic E-state index is 0.292. The van der Waals surface area contributed by atoms with Crippen molar-refractivity contribution in [2.75, 3.05) is 7.11 Å². The summed E-state index contributed by atoms with van der Waals surface area (Å²) >= 11 is 3.43. The van der Waals surface area contributed by atoms with Crippen LogP contribution in [0.15, 0.2) is 28.9 Å². The summed E-state index contributed by atoms with van der Waals surface area (Å²) < 4.78 is 7.81. The SMILES string of the molecule is CCn1cc(C(=O)OC)c2ccc(Br)cc21. The molecule has 0 unspecified atom stereocenters. The van der Waals surface area contributed by atoms with E-state index in [1.165, 1.54) is 7.11 Å². The molecule has 0 aliphatic carbocycles. The van der Waals surface area contributed by atoms with Crippen molar-refractivity contribution < 1.29 is 9.53 Å². The highest BCUT2D eigenvalue weighted by Crippen LogP contribution is 2.25. The number of aryl methyl sites for hydroxylation is 1. The Morgan fingerprint density at radius 2 is 2.25 bits per heavy atom. The first-order chi connectivity index (χ1) is 7.67. The van der Waals surface area contributed by atoms with E-state index >= 15 is 0 Å². The van der Waals surface area contributed by atoms with Crippen molar-refractivity contribution in [1.29, 1.82) is 0 Å². The molecule has 1 heterocycles. The molecule has 0 aliphatic rings. The quantitative estimate of drug-likeness (QED) is 0.792. The summed E-state index contributed by atoms with van der Waals surface area (Å²) in [7, 11) is 1.40. The molecule has 1 aromatic carbocycles. The number of carbonyl (C=O) groups is 1. The first-order valence-electron chi connectivity index (χ1n) is 5.04. The molecule has 0 amide bonds. The number of nitrogens with zero attached hydrogens (tertiary/aromatic N) is 1. The third-order valence-corrected chi connectivity index (χ3v) is 3.08. The van der Waals surface area contributed by atoms with E-state index in [2.05, 4.69) is 15.9 Å². The minimum atomic E-state index is -0.292. The second-order valence-electron chi connectivity index (χ2n) is 3.48. The molecule has 0 radical (unpaired) electrons. The highest BCUT2D eigenvalue weighted by atomic mass is 79.9. The van der Waals surface area contributed by atoms with Crippen molar-refractivity contribution in [3.05, 3.63) is 34.4 Å². The maximum Gasteiger partial charge on any atom is 0.340 e. The largest absolute Gasteiger partial charge is 0.465 e. The van der Waals surface area contributed by atoms with Crippen molar-refractivity contribution in [2.24, 2.45) is 0 Å². The van der Waals surface area contributed by atoms with E-state index in [-0.39, 0.29) is 5.97 Å². The maximum atomic E-state index is 11.6. The van der Waals surface area contributed by atoms with Gasteiger partial charge in [0.15, 0.2) is 0 Å². The Labute approximate surface area is 102 Å². The van der Waals surface area contributed by atoms with Crippen LogP contribution in [0.3, 0.4) is 0 Å². The first kappa shape index (κ1) is 11.2. The number of carbonyl (C=O) groups excluding carboxylic acids is 1. The molecular weight excluding hydrogens is 270 g/mol. The van der Waals surface area contributed by atoms with Gasteiger partial charge in [0.05, 0.1) is 12.7 Å². The number of ether oxygens (including phenoxy) is 1. The Kier molecular flexibility index (Phi) is 3.01. The van der Waals surface area contributed by atoms with E-state index in [9.17, 15) is 4.79 Å². The lowest BCUT2D eigenvalue weighted by molar-refractivity contribution is 0.0603. The molecule has 0 aliphatic heterocycles. The fraction of sp³-hybridized carbons (Fsp3) is 0.250. The second kappa shape index (κ2) is 4.29. The summed E-state index contributed by atoms with van der Waals surface area (Å²) in [4.78, 5) is 11.6. The van der Waals surface area contributed by atoms with Crippen LogP contribution in [0, 0.1) is 0 Å². The average molecular weight is 282 g/mol. The van der Waals surface area contributed by atoms with Crippen molar-refractivity contribution in [2.45, 2.75) is 13.5 Å². The Hall–Kier alpha value is -1.29. The fourth-order valence-corrected chi connectivity index (χ4v) is 2.15. The van der Waals surface area contributed by atoms with Crippen LogP contribution in [0.4, 0.5) is 0 Å². The van der Waals surface area contributed by atoms with Crippen LogP contribution >= 0.6 is 15.9 Å². The van der Waals surface area contributed by atoms with Gasteiger partial charge in [-0.3, -0.25) is 0 Å². The molecule has 4 heteroatoms. The van der Waals surface area contributed by atoms with E-state index in [0.29, 0.717) is 5.56 Å². The predicted octanol–water partition coefficient (Wildman–Crippen LogP) is 3.21. The second-order valence-corrected chi connectivity index (χ2v) is 4.40. The van der Waals surface area contributed by atoms with E-state index in [1.807, 2.05) is 35.9 Å². The number of hydrogen-bond donors (Lipinski definition) is 0. The van der Waals surface area contributed by atoms with Crippen LogP contribution in [0.5, 0.6) is 0 Å². The first-order valence-corrected chi connectivity index (χ1v) is 5.83. The van der Waals surface area contributed by atoms with Gasteiger partial charge in [0.2, 0.25) is 0 Å². The van der Waals surface area contributed by atoms with E-state index in [1.54, 1.807) is 0 Å². The van der Waals surface area contributed by atoms with E-state index in [0.717, 1.165) is 21.9 Å². The molecule has 0 bridgehead atoms. The molecule has 0 atom stereocenters. The summed E-state index contributed by atoms with van der Waals surface area (Å²) in [6.07, 6.45) is 1.84. The van der Waals surface area contributed by atoms with Gasteiger partial charge in [-0.05, 0) is 19.1 Å². The van der Waals surface area contributed by atoms with Gasteiger partial charge < -0.3 is 9.30 Å². The van der Waals surface area contributed by atoms with Crippen molar-refractivity contribution in [3.8, 4) is 0 Å². The van der Waals surface area contributed by atoms with Crippen LogP contribution in [0.1, 0.15) is 17.3 Å². The third kappa shape index (κ3) is 1.73. The van der Waals surface area contributed by atoms with Crippen molar-refractivity contribution in [1.82, 2.24) is 4.57 Å². The summed E-state index contributed by atoms with van der Waals surface area (Å²) in [5.74, 6) is -0.292. The number of aromatic nitrogens is 1. The number of esters is 1. The maximum absolute atomic E-state index is 11.6. The summed E-state index contributed by atoms with van der Waals surface area (Å²) in [6.45, 7) is 2.87. The van der Waals surface area contributed by atoms with E-state index in [4.69, 9.17) is 4.74 Å². The Bertz CT molecular complexity index is 545. The monoisotopic (exact) mass is 281 g/mol. The Balaban J connectivity index is 2.72. The van der Waals surface area contributed by atoms with Crippen LogP contribution in [-0.2, 0) is 11.3 Å². The highest BCUT2D eigenvalue weighted by molar-refractivity contribution is 9.10. The summed E-state index contributed by atoms with van der Waals surface area (Å²) in [5.41, 5.74) is 1.66. The van der Waals surface area contributed by atoms with Crippen LogP contribution in [0.2, 0.25) is 0 Å². The zero-order chi connectivity index (χ0) is 11.7. The predicted molar refractivity (Wildman–Crippen MR) is 66.7 cm³/mol. The van der Waals surface area contributed by atoms with Crippen LogP contribution < -0.4 is 0 Å². The van der Waals surface area contributed by atoms with E-state index < -0.39 is 0 Å². The molecular formula is C12H12BrNO2. The lowest BCUT2D eigenvalue weighted by Gasteiger charge is -1.99. The third-order valence-electron chi connectivity index (χ3n) is 2.59. The van der Waals surface area contributed by atoms with Crippen molar-refractivity contribution in [3.63, 3.8) is 0 Å². The summed E-state index contributed by atoms with van der Waals surface area (Å²) in [5, 5.41) is 0.928. The van der Waals surface area contributed by atoms with Gasteiger partial charge in [0.25, 0.3) is 0 Å². The van der Waals surface area contributed by atoms with Gasteiger partial charge >= 0.3 is 5.97 Å². The molecule has 0 saturated heterocycles. The lowest BCUT2D eigenvalue weighted by atomic mass is 10.2. The Morgan fingerprint density at radius 3 is 2.88 bits per heavy atom. The molecule has 3 nitrogen and oxygen atoms in total. The topological polar surface area (TPSA) is 31.2 Å². The number of fused-ring (bicyclic) bond motifs is 1. The molecule has 0 N–H and O–H groups in total. The molecule has 1 aromatic heterocycles. The number of hydrogen-bond acceptors (Lipinski definition) is 2. The van der Waals surface area contributed by atoms with Gasteiger partial charge in [-0.25, -0.2) is 4.79 Å². The number of halogens is 1. The van der Waals surface area contributed by atoms with Gasteiger partial charge in [-0.1, -0.05) is 22.0 Å². The number of methoxy groups -OCH3 is 1. The molecule has 2 aromatic rings. The van der Waals surface area contributed by atoms with Gasteiger partial charge in [-0.15, -0.1) is 0 Å². The molecule has 0 spiro atoms. The molecule has 0 saturated carbocycles. The van der Waals surface area contributed by atoms with Gasteiger partial charge in [-0.2, -0.15) is 0 Å². The zero-order valence-electron chi connectivity index (χ0n) is 9.16. The average Bonchev–Trinajstić information content (AvgIpc) is 2.66. The van der Waals surface area contributed by atoms with Crippen molar-refractivity contribution >= 4 is 32.8 Å². The molecule has 16 heavy (non-hydrogen) atoms. The highest BCUT2D eigenvalue weighted by Gasteiger charge is 2.14. The van der Waals surface area contributed by atoms with Crippen LogP contribution in [-0.4, -0.2) is 17.6 Å². The molecule has 0 fully saturated rings. The van der Waals surface area contributed by atoms with Crippen LogP contribution in [0.25, 0.3) is 10.9 Å². The Morgan fingerprint density at radius 1 is 1.50 bits per heavy atom. The summed E-state index contributed by atoms with van der Waals surface area (Å²) in [6, 6.07) is 5.86. The lowest BCUT2D eigenvalue weighted by Crippen LogP contribution is -1.99. The zero-order valence-corrected chi connectivity index (χ0v) is 10.7. The normalized spacial score (nSPS) is 10.7. The standard InChI is InChI=1S/C12H12BrNO2/c1-3-14-7-10(12(15)16-2)9-5-4-8(13)6-11(9)14/h4-7H,3H2,1-2H3. The minimum Gasteiger partial charge on any atom is -0.465 e. The number of benzene rings is 1.